The molecule has 2 N–H and O–H groups in total. The van der Waals surface area contributed by atoms with Crippen molar-refractivity contribution >= 4 is 0 Å². The first-order valence-electron chi connectivity index (χ1n) is 6.16. The van der Waals surface area contributed by atoms with Crippen LogP contribution in [-0.2, 0) is 4.74 Å². The third-order valence-corrected chi connectivity index (χ3v) is 3.34. The summed E-state index contributed by atoms with van der Waals surface area (Å²) in [5.74, 6) is 0.610. The topological polar surface area (TPSA) is 38.5 Å². The Morgan fingerprint density at radius 3 is 2.33 bits per heavy atom. The molecular weight excluding hydrogens is 188 g/mol. The standard InChI is InChI=1S/C12H26N2O/c1-5-9(2)12(13)8-14-6-10(3)15-11(4)7-14/h9-12H,5-8,13H2,1-4H3/t9?,10-,11+,12?. The van der Waals surface area contributed by atoms with Gasteiger partial charge < -0.3 is 10.5 Å². The largest absolute Gasteiger partial charge is 0.373 e. The highest BCUT2D eigenvalue weighted by Gasteiger charge is 2.24. The fourth-order valence-corrected chi connectivity index (χ4v) is 2.21. The minimum Gasteiger partial charge on any atom is -0.373 e. The first-order valence-corrected chi connectivity index (χ1v) is 6.16. The van der Waals surface area contributed by atoms with Gasteiger partial charge in [0.2, 0.25) is 0 Å². The van der Waals surface area contributed by atoms with E-state index in [1.807, 2.05) is 0 Å². The molecule has 2 unspecified atom stereocenters. The quantitative estimate of drug-likeness (QED) is 0.770. The number of ether oxygens (including phenoxy) is 1. The highest BCUT2D eigenvalue weighted by molar-refractivity contribution is 4.78. The fraction of sp³-hybridized carbons (Fsp3) is 1.00. The molecule has 0 spiro atoms. The van der Waals surface area contributed by atoms with E-state index in [0.717, 1.165) is 26.1 Å². The van der Waals surface area contributed by atoms with Gasteiger partial charge in [0.15, 0.2) is 0 Å². The monoisotopic (exact) mass is 214 g/mol. The van der Waals surface area contributed by atoms with Crippen molar-refractivity contribution in [1.82, 2.24) is 4.90 Å². The first kappa shape index (κ1) is 12.9. The minimum atomic E-state index is 0.299. The molecule has 0 aliphatic carbocycles. The fourth-order valence-electron chi connectivity index (χ4n) is 2.21. The Bertz CT molecular complexity index is 176. The lowest BCUT2D eigenvalue weighted by Crippen LogP contribution is -2.50. The lowest BCUT2D eigenvalue weighted by molar-refractivity contribution is -0.0701. The molecule has 0 bridgehead atoms. The van der Waals surface area contributed by atoms with Gasteiger partial charge in [-0.3, -0.25) is 4.90 Å². The molecular formula is C12H26N2O. The summed E-state index contributed by atoms with van der Waals surface area (Å²) in [7, 11) is 0. The van der Waals surface area contributed by atoms with Crippen molar-refractivity contribution in [3.05, 3.63) is 0 Å². The third kappa shape index (κ3) is 4.09. The van der Waals surface area contributed by atoms with Crippen LogP contribution in [0.4, 0.5) is 0 Å². The maximum atomic E-state index is 6.17. The number of hydrogen-bond acceptors (Lipinski definition) is 3. The summed E-state index contributed by atoms with van der Waals surface area (Å²) < 4.78 is 5.70. The van der Waals surface area contributed by atoms with Crippen molar-refractivity contribution in [3.8, 4) is 0 Å². The Morgan fingerprint density at radius 1 is 1.33 bits per heavy atom. The van der Waals surface area contributed by atoms with E-state index in [9.17, 15) is 0 Å². The van der Waals surface area contributed by atoms with Crippen LogP contribution in [0.1, 0.15) is 34.1 Å². The van der Waals surface area contributed by atoms with Crippen LogP contribution < -0.4 is 5.73 Å². The Morgan fingerprint density at radius 2 is 1.87 bits per heavy atom. The van der Waals surface area contributed by atoms with Gasteiger partial charge in [-0.1, -0.05) is 20.3 Å². The van der Waals surface area contributed by atoms with Crippen LogP contribution in [0.2, 0.25) is 0 Å². The normalized spacial score (nSPS) is 32.6. The molecule has 3 heteroatoms. The van der Waals surface area contributed by atoms with Crippen LogP contribution in [0.3, 0.4) is 0 Å². The lowest BCUT2D eigenvalue weighted by atomic mass is 9.99. The SMILES string of the molecule is CCC(C)C(N)CN1C[C@@H](C)O[C@@H](C)C1. The summed E-state index contributed by atoms with van der Waals surface area (Å²) >= 11 is 0. The van der Waals surface area contributed by atoms with Crippen molar-refractivity contribution in [2.45, 2.75) is 52.4 Å². The zero-order chi connectivity index (χ0) is 11.4. The molecule has 90 valence electrons. The second kappa shape index (κ2) is 5.83. The van der Waals surface area contributed by atoms with Crippen LogP contribution in [0.15, 0.2) is 0 Å². The van der Waals surface area contributed by atoms with Gasteiger partial charge in [-0.25, -0.2) is 0 Å². The van der Waals surface area contributed by atoms with Gasteiger partial charge in [-0.2, -0.15) is 0 Å². The van der Waals surface area contributed by atoms with E-state index in [2.05, 4.69) is 32.6 Å². The van der Waals surface area contributed by atoms with E-state index in [-0.39, 0.29) is 0 Å². The summed E-state index contributed by atoms with van der Waals surface area (Å²) in [5, 5.41) is 0. The number of morpholine rings is 1. The molecule has 1 aliphatic heterocycles. The molecule has 1 saturated heterocycles. The molecule has 1 aliphatic rings. The van der Waals surface area contributed by atoms with Crippen LogP contribution in [0, 0.1) is 5.92 Å². The van der Waals surface area contributed by atoms with Gasteiger partial charge >= 0.3 is 0 Å². The number of hydrogen-bond donors (Lipinski definition) is 1. The molecule has 1 fully saturated rings. The molecule has 15 heavy (non-hydrogen) atoms. The molecule has 1 rings (SSSR count). The molecule has 4 atom stereocenters. The van der Waals surface area contributed by atoms with E-state index in [0.29, 0.717) is 24.2 Å². The van der Waals surface area contributed by atoms with Gasteiger partial charge in [-0.15, -0.1) is 0 Å². The van der Waals surface area contributed by atoms with Crippen molar-refractivity contribution in [2.24, 2.45) is 11.7 Å². The van der Waals surface area contributed by atoms with Crippen molar-refractivity contribution in [2.75, 3.05) is 19.6 Å². The second-order valence-electron chi connectivity index (χ2n) is 5.03. The van der Waals surface area contributed by atoms with Gasteiger partial charge in [0.1, 0.15) is 0 Å². The van der Waals surface area contributed by atoms with Crippen LogP contribution >= 0.6 is 0 Å². The zero-order valence-electron chi connectivity index (χ0n) is 10.6. The summed E-state index contributed by atoms with van der Waals surface area (Å²) in [6, 6.07) is 0.299. The molecule has 0 amide bonds. The molecule has 0 saturated carbocycles. The van der Waals surface area contributed by atoms with E-state index in [1.165, 1.54) is 0 Å². The number of rotatable bonds is 4. The van der Waals surface area contributed by atoms with Crippen molar-refractivity contribution in [1.29, 1.82) is 0 Å². The van der Waals surface area contributed by atoms with Gasteiger partial charge in [0.05, 0.1) is 12.2 Å². The van der Waals surface area contributed by atoms with Crippen LogP contribution in [0.5, 0.6) is 0 Å². The highest BCUT2D eigenvalue weighted by Crippen LogP contribution is 2.13. The zero-order valence-corrected chi connectivity index (χ0v) is 10.6. The number of nitrogens with zero attached hydrogens (tertiary/aromatic N) is 1. The molecule has 0 radical (unpaired) electrons. The predicted molar refractivity (Wildman–Crippen MR) is 63.9 cm³/mol. The Balaban J connectivity index is 2.37. The van der Waals surface area contributed by atoms with E-state index in [1.54, 1.807) is 0 Å². The summed E-state index contributed by atoms with van der Waals surface area (Å²) in [5.41, 5.74) is 6.17. The molecule has 0 aromatic heterocycles. The van der Waals surface area contributed by atoms with E-state index >= 15 is 0 Å². The predicted octanol–water partition coefficient (Wildman–Crippen LogP) is 1.47. The maximum absolute atomic E-state index is 6.17. The van der Waals surface area contributed by atoms with Gasteiger partial charge in [0.25, 0.3) is 0 Å². The Kier molecular flexibility index (Phi) is 5.03. The molecule has 0 aromatic carbocycles. The lowest BCUT2D eigenvalue weighted by Gasteiger charge is -2.37. The van der Waals surface area contributed by atoms with Crippen LogP contribution in [0.25, 0.3) is 0 Å². The first-order chi connectivity index (χ1) is 7.02. The second-order valence-corrected chi connectivity index (χ2v) is 5.03. The summed E-state index contributed by atoms with van der Waals surface area (Å²) in [6.07, 6.45) is 1.85. The Hall–Kier alpha value is -0.120. The average Bonchev–Trinajstić information content (AvgIpc) is 2.14. The molecule has 3 nitrogen and oxygen atoms in total. The minimum absolute atomic E-state index is 0.299. The number of nitrogens with two attached hydrogens (primary N) is 1. The van der Waals surface area contributed by atoms with Gasteiger partial charge in [0, 0.05) is 25.7 Å². The van der Waals surface area contributed by atoms with Gasteiger partial charge in [-0.05, 0) is 19.8 Å². The molecule has 1 heterocycles. The summed E-state index contributed by atoms with van der Waals surface area (Å²) in [4.78, 5) is 2.44. The maximum Gasteiger partial charge on any atom is 0.0678 e. The molecule has 0 aromatic rings. The van der Waals surface area contributed by atoms with Crippen LogP contribution in [-0.4, -0.2) is 42.8 Å². The highest BCUT2D eigenvalue weighted by atomic mass is 16.5. The van der Waals surface area contributed by atoms with Crippen molar-refractivity contribution < 1.29 is 4.74 Å². The van der Waals surface area contributed by atoms with E-state index < -0.39 is 0 Å². The third-order valence-electron chi connectivity index (χ3n) is 3.34. The van der Waals surface area contributed by atoms with Crippen molar-refractivity contribution in [3.63, 3.8) is 0 Å². The average molecular weight is 214 g/mol. The van der Waals surface area contributed by atoms with E-state index in [4.69, 9.17) is 10.5 Å². The Labute approximate surface area is 94.0 Å². The summed E-state index contributed by atoms with van der Waals surface area (Å²) in [6.45, 7) is 11.8. The smallest absolute Gasteiger partial charge is 0.0678 e.